The first kappa shape index (κ1) is 10.8. The van der Waals surface area contributed by atoms with Gasteiger partial charge in [0.05, 0.1) is 0 Å². The maximum Gasteiger partial charge on any atom is 0.320 e. The van der Waals surface area contributed by atoms with Crippen LogP contribution in [0.1, 0.15) is 19.4 Å². The van der Waals surface area contributed by atoms with Crippen molar-refractivity contribution < 1.29 is 14.4 Å². The van der Waals surface area contributed by atoms with Crippen LogP contribution in [0.2, 0.25) is 0 Å². The molecule has 0 fully saturated rings. The van der Waals surface area contributed by atoms with Crippen LogP contribution in [0.3, 0.4) is 0 Å². The van der Waals surface area contributed by atoms with Gasteiger partial charge < -0.3 is 9.57 Å². The van der Waals surface area contributed by atoms with Crippen LogP contribution >= 0.6 is 0 Å². The standard InChI is InChI=1S/C12H15NO3/c1-12(2)7-9-5-4-6-10(11(9)16-12)13(3)15-8-14/h4-6,8H,7H2,1-3H3. The summed E-state index contributed by atoms with van der Waals surface area (Å²) in [5.74, 6) is 0.803. The van der Waals surface area contributed by atoms with Crippen molar-refractivity contribution in [3.05, 3.63) is 23.8 Å². The number of hydrogen-bond donors (Lipinski definition) is 0. The lowest BCUT2D eigenvalue weighted by atomic mass is 10.0. The highest BCUT2D eigenvalue weighted by Crippen LogP contribution is 2.41. The molecule has 2 rings (SSSR count). The molecule has 0 saturated heterocycles. The fourth-order valence-electron chi connectivity index (χ4n) is 1.97. The summed E-state index contributed by atoms with van der Waals surface area (Å²) < 4.78 is 5.86. The zero-order valence-electron chi connectivity index (χ0n) is 9.69. The van der Waals surface area contributed by atoms with Crippen LogP contribution in [0.15, 0.2) is 18.2 Å². The summed E-state index contributed by atoms with van der Waals surface area (Å²) in [6, 6.07) is 5.83. The number of fused-ring (bicyclic) bond motifs is 1. The van der Waals surface area contributed by atoms with Crippen LogP contribution in [0.4, 0.5) is 5.69 Å². The number of hydrogen-bond acceptors (Lipinski definition) is 4. The molecule has 86 valence electrons. The van der Waals surface area contributed by atoms with E-state index in [1.807, 2.05) is 32.0 Å². The Balaban J connectivity index is 2.36. The van der Waals surface area contributed by atoms with Gasteiger partial charge in [0, 0.05) is 19.0 Å². The first-order valence-electron chi connectivity index (χ1n) is 5.18. The van der Waals surface area contributed by atoms with Crippen molar-refractivity contribution in [2.75, 3.05) is 12.1 Å². The van der Waals surface area contributed by atoms with Gasteiger partial charge in [-0.05, 0) is 19.9 Å². The molecule has 4 nitrogen and oxygen atoms in total. The van der Waals surface area contributed by atoms with Gasteiger partial charge in [0.2, 0.25) is 0 Å². The van der Waals surface area contributed by atoms with Crippen LogP contribution < -0.4 is 9.80 Å². The van der Waals surface area contributed by atoms with Crippen molar-refractivity contribution in [1.82, 2.24) is 0 Å². The molecule has 0 N–H and O–H groups in total. The molecule has 0 saturated carbocycles. The van der Waals surface area contributed by atoms with Gasteiger partial charge in [0.1, 0.15) is 17.0 Å². The van der Waals surface area contributed by atoms with Gasteiger partial charge in [-0.1, -0.05) is 12.1 Å². The van der Waals surface area contributed by atoms with Crippen molar-refractivity contribution in [3.8, 4) is 5.75 Å². The minimum atomic E-state index is -0.194. The summed E-state index contributed by atoms with van der Waals surface area (Å²) in [5.41, 5.74) is 1.72. The molecule has 0 aliphatic carbocycles. The van der Waals surface area contributed by atoms with E-state index in [9.17, 15) is 4.79 Å². The van der Waals surface area contributed by atoms with E-state index >= 15 is 0 Å². The third-order valence-corrected chi connectivity index (χ3v) is 2.61. The smallest absolute Gasteiger partial charge is 0.320 e. The molecule has 1 aliphatic heterocycles. The SMILES string of the molecule is CN(OC=O)c1cccc2c1OC(C)(C)C2. The van der Waals surface area contributed by atoms with Crippen LogP contribution in [0, 0.1) is 0 Å². The summed E-state index contributed by atoms with van der Waals surface area (Å²) in [4.78, 5) is 15.1. The molecule has 1 aliphatic rings. The molecular formula is C12H15NO3. The van der Waals surface area contributed by atoms with E-state index < -0.39 is 0 Å². The zero-order chi connectivity index (χ0) is 11.8. The van der Waals surface area contributed by atoms with Crippen molar-refractivity contribution >= 4 is 12.2 Å². The van der Waals surface area contributed by atoms with Gasteiger partial charge in [0.15, 0.2) is 0 Å². The quantitative estimate of drug-likeness (QED) is 0.577. The highest BCUT2D eigenvalue weighted by Gasteiger charge is 2.32. The Bertz CT molecular complexity index is 415. The number of ether oxygens (including phenoxy) is 1. The third-order valence-electron chi connectivity index (χ3n) is 2.61. The van der Waals surface area contributed by atoms with E-state index in [-0.39, 0.29) is 5.60 Å². The van der Waals surface area contributed by atoms with Gasteiger partial charge in [0.25, 0.3) is 0 Å². The molecule has 0 aromatic heterocycles. The van der Waals surface area contributed by atoms with Crippen LogP contribution in [0.25, 0.3) is 0 Å². The summed E-state index contributed by atoms with van der Waals surface area (Å²) in [6.07, 6.45) is 0.866. The van der Waals surface area contributed by atoms with Crippen molar-refractivity contribution in [2.24, 2.45) is 0 Å². The van der Waals surface area contributed by atoms with Gasteiger partial charge in [-0.15, -0.1) is 0 Å². The Morgan fingerprint density at radius 3 is 2.94 bits per heavy atom. The normalized spacial score (nSPS) is 16.2. The second kappa shape index (κ2) is 3.70. The Morgan fingerprint density at radius 2 is 2.25 bits per heavy atom. The number of carbonyl (C=O) groups excluding carboxylic acids is 1. The maximum absolute atomic E-state index is 10.3. The van der Waals surface area contributed by atoms with E-state index in [0.29, 0.717) is 6.47 Å². The number of rotatable bonds is 3. The Labute approximate surface area is 94.7 Å². The number of anilines is 1. The predicted octanol–water partition coefficient (Wildman–Crippen LogP) is 1.92. The number of carbonyl (C=O) groups is 1. The summed E-state index contributed by atoms with van der Waals surface area (Å²) >= 11 is 0. The van der Waals surface area contributed by atoms with Gasteiger partial charge >= 0.3 is 6.47 Å². The van der Waals surface area contributed by atoms with Gasteiger partial charge in [-0.3, -0.25) is 4.79 Å². The van der Waals surface area contributed by atoms with E-state index in [2.05, 4.69) is 0 Å². The topological polar surface area (TPSA) is 38.8 Å². The van der Waals surface area contributed by atoms with Crippen LogP contribution in [-0.4, -0.2) is 19.1 Å². The van der Waals surface area contributed by atoms with E-state index in [0.717, 1.165) is 23.4 Å². The van der Waals surface area contributed by atoms with Gasteiger partial charge in [-0.25, -0.2) is 5.06 Å². The number of nitrogens with zero attached hydrogens (tertiary/aromatic N) is 1. The Kier molecular flexibility index (Phi) is 2.50. The summed E-state index contributed by atoms with van der Waals surface area (Å²) in [6.45, 7) is 4.48. The highest BCUT2D eigenvalue weighted by molar-refractivity contribution is 5.63. The monoisotopic (exact) mass is 221 g/mol. The van der Waals surface area contributed by atoms with E-state index in [1.165, 1.54) is 5.06 Å². The largest absolute Gasteiger partial charge is 0.485 e. The molecule has 1 heterocycles. The molecular weight excluding hydrogens is 206 g/mol. The minimum Gasteiger partial charge on any atom is -0.485 e. The number of benzene rings is 1. The Hall–Kier alpha value is -1.71. The average molecular weight is 221 g/mol. The lowest BCUT2D eigenvalue weighted by Crippen LogP contribution is -2.25. The average Bonchev–Trinajstić information content (AvgIpc) is 2.51. The van der Waals surface area contributed by atoms with E-state index in [1.54, 1.807) is 7.05 Å². The van der Waals surface area contributed by atoms with E-state index in [4.69, 9.17) is 9.57 Å². The lowest BCUT2D eigenvalue weighted by molar-refractivity contribution is -0.129. The minimum absolute atomic E-state index is 0.194. The second-order valence-electron chi connectivity index (χ2n) is 4.50. The summed E-state index contributed by atoms with van der Waals surface area (Å²) in [7, 11) is 1.68. The van der Waals surface area contributed by atoms with Crippen LogP contribution in [-0.2, 0) is 16.1 Å². The summed E-state index contributed by atoms with van der Waals surface area (Å²) in [5, 5.41) is 1.41. The van der Waals surface area contributed by atoms with Gasteiger partial charge in [-0.2, -0.15) is 0 Å². The van der Waals surface area contributed by atoms with Crippen molar-refractivity contribution in [2.45, 2.75) is 25.9 Å². The molecule has 1 aromatic carbocycles. The van der Waals surface area contributed by atoms with Crippen molar-refractivity contribution in [3.63, 3.8) is 0 Å². The number of hydroxylamine groups is 1. The molecule has 1 aromatic rings. The molecule has 0 radical (unpaired) electrons. The number of para-hydroxylation sites is 1. The predicted molar refractivity (Wildman–Crippen MR) is 60.4 cm³/mol. The second-order valence-corrected chi connectivity index (χ2v) is 4.50. The zero-order valence-corrected chi connectivity index (χ0v) is 9.69. The molecule has 4 heteroatoms. The molecule has 16 heavy (non-hydrogen) atoms. The lowest BCUT2D eigenvalue weighted by Gasteiger charge is -2.21. The molecule has 0 unspecified atom stereocenters. The first-order valence-corrected chi connectivity index (χ1v) is 5.18. The van der Waals surface area contributed by atoms with Crippen LogP contribution in [0.5, 0.6) is 5.75 Å². The molecule has 0 amide bonds. The molecule has 0 atom stereocenters. The third kappa shape index (κ3) is 1.83. The maximum atomic E-state index is 10.3. The molecule has 0 bridgehead atoms. The molecule has 0 spiro atoms. The first-order chi connectivity index (χ1) is 7.53. The highest BCUT2D eigenvalue weighted by atomic mass is 16.7. The fraction of sp³-hybridized carbons (Fsp3) is 0.417. The Morgan fingerprint density at radius 1 is 1.50 bits per heavy atom. The van der Waals surface area contributed by atoms with Crippen molar-refractivity contribution in [1.29, 1.82) is 0 Å². The fourth-order valence-corrected chi connectivity index (χ4v) is 1.97.